The van der Waals surface area contributed by atoms with Crippen molar-refractivity contribution in [1.29, 1.82) is 0 Å². The third kappa shape index (κ3) is 3.47. The second-order valence-corrected chi connectivity index (χ2v) is 7.01. The summed E-state index contributed by atoms with van der Waals surface area (Å²) in [5.74, 6) is 2.72. The Morgan fingerprint density at radius 2 is 2.21 bits per heavy atom. The maximum atomic E-state index is 12.2. The Bertz CT molecular complexity index is 949. The number of hydrogen-bond acceptors (Lipinski definition) is 6. The van der Waals surface area contributed by atoms with Crippen LogP contribution in [-0.4, -0.2) is 55.3 Å². The molecule has 0 aliphatic carbocycles. The largest absolute Gasteiger partial charge is 0.355 e. The van der Waals surface area contributed by atoms with Gasteiger partial charge >= 0.3 is 0 Å². The molecule has 0 radical (unpaired) electrons. The normalized spacial score (nSPS) is 16.9. The molecule has 0 saturated carbocycles. The molecule has 9 nitrogen and oxygen atoms in total. The van der Waals surface area contributed by atoms with Crippen LogP contribution in [0, 0.1) is 0 Å². The van der Waals surface area contributed by atoms with Crippen LogP contribution in [0.25, 0.3) is 0 Å². The smallest absolute Gasteiger partial charge is 0.254 e. The van der Waals surface area contributed by atoms with Gasteiger partial charge in [0.2, 0.25) is 0 Å². The highest BCUT2D eigenvalue weighted by Crippen LogP contribution is 2.30. The summed E-state index contributed by atoms with van der Waals surface area (Å²) in [6.45, 7) is 2.27. The van der Waals surface area contributed by atoms with Crippen LogP contribution in [0.15, 0.2) is 37.1 Å². The number of pyridine rings is 1. The summed E-state index contributed by atoms with van der Waals surface area (Å²) in [4.78, 5) is 23.0. The molecular formula is C19H24N8O. The Balaban J connectivity index is 1.55. The van der Waals surface area contributed by atoms with Crippen molar-refractivity contribution in [2.75, 3.05) is 25.0 Å². The Labute approximate surface area is 163 Å². The summed E-state index contributed by atoms with van der Waals surface area (Å²) >= 11 is 0. The van der Waals surface area contributed by atoms with Gasteiger partial charge in [-0.05, 0) is 25.0 Å². The van der Waals surface area contributed by atoms with Crippen LogP contribution >= 0.6 is 0 Å². The molecule has 3 aromatic rings. The van der Waals surface area contributed by atoms with Gasteiger partial charge in [-0.3, -0.25) is 4.79 Å². The molecule has 0 aromatic carbocycles. The number of rotatable bonds is 5. The molecule has 4 rings (SSSR count). The molecule has 1 atom stereocenters. The van der Waals surface area contributed by atoms with E-state index in [1.54, 1.807) is 31.8 Å². The Morgan fingerprint density at radius 3 is 3.00 bits per heavy atom. The van der Waals surface area contributed by atoms with E-state index in [0.29, 0.717) is 12.1 Å². The maximum Gasteiger partial charge on any atom is 0.254 e. The van der Waals surface area contributed by atoms with E-state index in [1.165, 1.54) is 0 Å². The summed E-state index contributed by atoms with van der Waals surface area (Å²) in [7, 11) is 3.65. The van der Waals surface area contributed by atoms with Gasteiger partial charge in [-0.1, -0.05) is 0 Å². The van der Waals surface area contributed by atoms with Crippen molar-refractivity contribution >= 4 is 11.7 Å². The summed E-state index contributed by atoms with van der Waals surface area (Å²) in [5.41, 5.74) is 0.601. The fourth-order valence-electron chi connectivity index (χ4n) is 3.75. The van der Waals surface area contributed by atoms with E-state index in [9.17, 15) is 4.79 Å². The van der Waals surface area contributed by atoms with Gasteiger partial charge in [0, 0.05) is 51.7 Å². The number of imidazole rings is 1. The maximum absolute atomic E-state index is 12.2. The number of anilines is 1. The molecule has 4 heterocycles. The van der Waals surface area contributed by atoms with Crippen LogP contribution < -0.4 is 10.2 Å². The monoisotopic (exact) mass is 380 g/mol. The van der Waals surface area contributed by atoms with E-state index in [2.05, 4.69) is 34.9 Å². The molecule has 1 N–H and O–H groups in total. The quantitative estimate of drug-likeness (QED) is 0.715. The molecule has 3 aromatic heterocycles. The van der Waals surface area contributed by atoms with Gasteiger partial charge in [0.15, 0.2) is 5.82 Å². The van der Waals surface area contributed by atoms with Gasteiger partial charge in [-0.2, -0.15) is 0 Å². The molecule has 1 amide bonds. The highest BCUT2D eigenvalue weighted by molar-refractivity contribution is 5.98. The minimum atomic E-state index is -0.119. The zero-order valence-corrected chi connectivity index (χ0v) is 16.1. The van der Waals surface area contributed by atoms with E-state index in [1.807, 2.05) is 23.9 Å². The van der Waals surface area contributed by atoms with Crippen LogP contribution in [0.3, 0.4) is 0 Å². The third-order valence-corrected chi connectivity index (χ3v) is 5.23. The lowest BCUT2D eigenvalue weighted by molar-refractivity contribution is 0.0963. The fraction of sp³-hybridized carbons (Fsp3) is 0.421. The fourth-order valence-corrected chi connectivity index (χ4v) is 3.75. The Morgan fingerprint density at radius 1 is 1.32 bits per heavy atom. The van der Waals surface area contributed by atoms with Crippen molar-refractivity contribution in [3.05, 3.63) is 54.3 Å². The number of carbonyl (C=O) groups excluding carboxylic acids is 1. The lowest BCUT2D eigenvalue weighted by Gasteiger charge is -2.33. The molecule has 1 aliphatic rings. The number of piperidine rings is 1. The highest BCUT2D eigenvalue weighted by atomic mass is 16.1. The first-order valence-corrected chi connectivity index (χ1v) is 9.43. The topological polar surface area (TPSA) is 93.8 Å². The molecule has 1 fully saturated rings. The van der Waals surface area contributed by atoms with Crippen LogP contribution in [0.4, 0.5) is 5.82 Å². The molecule has 0 bridgehead atoms. The van der Waals surface area contributed by atoms with Crippen molar-refractivity contribution in [3.8, 4) is 0 Å². The van der Waals surface area contributed by atoms with Crippen molar-refractivity contribution in [3.63, 3.8) is 0 Å². The van der Waals surface area contributed by atoms with E-state index >= 15 is 0 Å². The number of amides is 1. The lowest BCUT2D eigenvalue weighted by atomic mass is 9.96. The number of carbonyl (C=O) groups is 1. The molecule has 0 unspecified atom stereocenters. The molecule has 1 saturated heterocycles. The first-order valence-electron chi connectivity index (χ1n) is 9.43. The molecule has 0 spiro atoms. The minimum Gasteiger partial charge on any atom is -0.355 e. The van der Waals surface area contributed by atoms with Gasteiger partial charge in [0.25, 0.3) is 5.91 Å². The molecule has 28 heavy (non-hydrogen) atoms. The van der Waals surface area contributed by atoms with E-state index < -0.39 is 0 Å². The number of nitrogens with zero attached hydrogens (tertiary/aromatic N) is 7. The van der Waals surface area contributed by atoms with E-state index in [0.717, 1.165) is 43.4 Å². The number of hydrogen-bond donors (Lipinski definition) is 1. The molecule has 146 valence electrons. The zero-order chi connectivity index (χ0) is 19.5. The summed E-state index contributed by atoms with van der Waals surface area (Å²) in [6, 6.07) is 3.61. The van der Waals surface area contributed by atoms with Gasteiger partial charge < -0.3 is 19.4 Å². The van der Waals surface area contributed by atoms with Crippen LogP contribution in [0.5, 0.6) is 0 Å². The first-order chi connectivity index (χ1) is 13.7. The average molecular weight is 380 g/mol. The average Bonchev–Trinajstić information content (AvgIpc) is 3.38. The lowest BCUT2D eigenvalue weighted by Crippen LogP contribution is -2.37. The van der Waals surface area contributed by atoms with Crippen LogP contribution in [0.2, 0.25) is 0 Å². The first kappa shape index (κ1) is 18.1. The predicted octanol–water partition coefficient (Wildman–Crippen LogP) is 1.20. The van der Waals surface area contributed by atoms with Gasteiger partial charge in [-0.15, -0.1) is 10.2 Å². The molecule has 1 aliphatic heterocycles. The van der Waals surface area contributed by atoms with Crippen molar-refractivity contribution < 1.29 is 4.79 Å². The Kier molecular flexibility index (Phi) is 5.05. The Hall–Kier alpha value is -3.23. The van der Waals surface area contributed by atoms with E-state index in [4.69, 9.17) is 0 Å². The molecule has 9 heteroatoms. The summed E-state index contributed by atoms with van der Waals surface area (Å²) in [5, 5.41) is 11.6. The third-order valence-electron chi connectivity index (χ3n) is 5.23. The second kappa shape index (κ2) is 7.79. The molecular weight excluding hydrogens is 356 g/mol. The van der Waals surface area contributed by atoms with Gasteiger partial charge in [-0.25, -0.2) is 9.97 Å². The van der Waals surface area contributed by atoms with Gasteiger partial charge in [0.05, 0.1) is 18.4 Å². The highest BCUT2D eigenvalue weighted by Gasteiger charge is 2.28. The van der Waals surface area contributed by atoms with Crippen molar-refractivity contribution in [2.45, 2.75) is 25.3 Å². The van der Waals surface area contributed by atoms with Crippen LogP contribution in [0.1, 0.15) is 40.8 Å². The minimum absolute atomic E-state index is 0.119. The number of aromatic nitrogens is 6. The van der Waals surface area contributed by atoms with Crippen LogP contribution in [-0.2, 0) is 13.6 Å². The van der Waals surface area contributed by atoms with E-state index in [-0.39, 0.29) is 11.8 Å². The SMILES string of the molecule is CNC(=O)c1cccnc1N1CCC[C@@H](c2nnc(Cn3ccnc3)n2C)C1. The standard InChI is InChI=1S/C19H24N8O/c1-20-19(28)15-6-3-7-22-18(15)27-9-4-5-14(11-27)17-24-23-16(25(17)2)12-26-10-8-21-13-26/h3,6-8,10,13-14H,4-5,9,11-12H2,1-2H3,(H,20,28)/t14-/m1/s1. The second-order valence-electron chi connectivity index (χ2n) is 7.01. The number of nitrogens with one attached hydrogen (secondary N) is 1. The summed E-state index contributed by atoms with van der Waals surface area (Å²) < 4.78 is 4.05. The predicted molar refractivity (Wildman–Crippen MR) is 104 cm³/mol. The van der Waals surface area contributed by atoms with Crippen molar-refractivity contribution in [2.24, 2.45) is 7.05 Å². The van der Waals surface area contributed by atoms with Crippen molar-refractivity contribution in [1.82, 2.24) is 34.6 Å². The van der Waals surface area contributed by atoms with Gasteiger partial charge in [0.1, 0.15) is 11.6 Å². The zero-order valence-electron chi connectivity index (χ0n) is 16.1. The summed E-state index contributed by atoms with van der Waals surface area (Å²) in [6.07, 6.45) is 9.23.